The number of hydrogen-bond acceptors (Lipinski definition) is 3. The van der Waals surface area contributed by atoms with Crippen LogP contribution in [0.1, 0.15) is 64.4 Å². The Balaban J connectivity index is 2.35. The second-order valence-electron chi connectivity index (χ2n) is 6.20. The molecule has 0 saturated carbocycles. The fraction of sp³-hybridized carbons (Fsp3) is 0.667. The van der Waals surface area contributed by atoms with Gasteiger partial charge in [0.15, 0.2) is 0 Å². The van der Waals surface area contributed by atoms with Gasteiger partial charge in [-0.2, -0.15) is 0 Å². The first-order valence-corrected chi connectivity index (χ1v) is 10.4. The maximum absolute atomic E-state index is 10.8. The van der Waals surface area contributed by atoms with Crippen molar-refractivity contribution in [3.63, 3.8) is 0 Å². The van der Waals surface area contributed by atoms with Gasteiger partial charge in [0.05, 0.1) is 0 Å². The minimum absolute atomic E-state index is 0.110. The highest BCUT2D eigenvalue weighted by molar-refractivity contribution is 7.46. The van der Waals surface area contributed by atoms with E-state index in [1.165, 1.54) is 38.5 Å². The van der Waals surface area contributed by atoms with Crippen LogP contribution < -0.4 is 4.74 Å². The van der Waals surface area contributed by atoms with Gasteiger partial charge >= 0.3 is 7.82 Å². The highest BCUT2D eigenvalue weighted by Crippen LogP contribution is 2.37. The second-order valence-corrected chi connectivity index (χ2v) is 7.39. The van der Waals surface area contributed by atoms with Crippen LogP contribution in [0.15, 0.2) is 24.3 Å². The molecule has 6 heteroatoms. The molecule has 0 aliphatic carbocycles. The van der Waals surface area contributed by atoms with Crippen LogP contribution in [-0.4, -0.2) is 22.5 Å². The molecule has 0 aliphatic heterocycles. The van der Waals surface area contributed by atoms with Gasteiger partial charge in [-0.05, 0) is 31.4 Å². The first-order chi connectivity index (χ1) is 11.4. The quantitative estimate of drug-likeness (QED) is 0.389. The van der Waals surface area contributed by atoms with E-state index in [9.17, 15) is 4.57 Å². The van der Waals surface area contributed by atoms with Crippen LogP contribution in [0.3, 0.4) is 0 Å². The van der Waals surface area contributed by atoms with Crippen molar-refractivity contribution < 1.29 is 23.6 Å². The van der Waals surface area contributed by atoms with Crippen LogP contribution in [0, 0.1) is 0 Å². The summed E-state index contributed by atoms with van der Waals surface area (Å²) in [6, 6.07) is 7.82. The van der Waals surface area contributed by atoms with Gasteiger partial charge in [0.1, 0.15) is 18.5 Å². The molecule has 2 N–H and O–H groups in total. The molecule has 0 bridgehead atoms. The Labute approximate surface area is 145 Å². The van der Waals surface area contributed by atoms with Crippen molar-refractivity contribution in [1.29, 1.82) is 0 Å². The van der Waals surface area contributed by atoms with E-state index < -0.39 is 13.9 Å². The Kier molecular flexibility index (Phi) is 10.3. The zero-order valence-electron chi connectivity index (χ0n) is 14.8. The third-order valence-corrected chi connectivity index (χ3v) is 4.45. The predicted molar refractivity (Wildman–Crippen MR) is 96.2 cm³/mol. The number of para-hydroxylation sites is 1. The Morgan fingerprint density at radius 1 is 1.04 bits per heavy atom. The number of hydrogen-bond donors (Lipinski definition) is 2. The van der Waals surface area contributed by atoms with Gasteiger partial charge in [0.2, 0.25) is 0 Å². The lowest BCUT2D eigenvalue weighted by Gasteiger charge is -2.16. The molecular formula is C18H31O5P. The summed E-state index contributed by atoms with van der Waals surface area (Å²) in [6.45, 7) is 3.92. The smallest absolute Gasteiger partial charge is 0.469 e. The minimum atomic E-state index is -4.47. The Morgan fingerprint density at radius 2 is 1.67 bits per heavy atom. The van der Waals surface area contributed by atoms with E-state index in [1.54, 1.807) is 6.92 Å². The fourth-order valence-electron chi connectivity index (χ4n) is 2.60. The van der Waals surface area contributed by atoms with Crippen molar-refractivity contribution in [1.82, 2.24) is 0 Å². The first-order valence-electron chi connectivity index (χ1n) is 8.87. The zero-order chi connectivity index (χ0) is 17.8. The summed E-state index contributed by atoms with van der Waals surface area (Å²) in [7, 11) is -4.47. The van der Waals surface area contributed by atoms with Crippen LogP contribution in [0.4, 0.5) is 0 Å². The number of phosphoric acid groups is 1. The third kappa shape index (κ3) is 10.1. The molecule has 0 heterocycles. The molecule has 0 fully saturated rings. The van der Waals surface area contributed by atoms with E-state index in [0.717, 1.165) is 24.2 Å². The predicted octanol–water partition coefficient (Wildman–Crippen LogP) is 4.86. The molecule has 0 saturated heterocycles. The Morgan fingerprint density at radius 3 is 2.33 bits per heavy atom. The monoisotopic (exact) mass is 358 g/mol. The number of ether oxygens (including phenoxy) is 1. The largest absolute Gasteiger partial charge is 0.491 e. The number of aryl methyl sites for hydroxylation is 1. The minimum Gasteiger partial charge on any atom is -0.491 e. The normalized spacial score (nSPS) is 13.0. The van der Waals surface area contributed by atoms with Crippen molar-refractivity contribution in [2.45, 2.75) is 71.3 Å². The molecule has 0 spiro atoms. The Bertz CT molecular complexity index is 500. The molecule has 1 rings (SSSR count). The van der Waals surface area contributed by atoms with E-state index in [4.69, 9.17) is 14.5 Å². The summed E-state index contributed by atoms with van der Waals surface area (Å²) >= 11 is 0. The van der Waals surface area contributed by atoms with Gasteiger partial charge in [0.25, 0.3) is 0 Å². The highest BCUT2D eigenvalue weighted by Gasteiger charge is 2.19. The van der Waals surface area contributed by atoms with Crippen molar-refractivity contribution >= 4 is 7.82 Å². The van der Waals surface area contributed by atoms with E-state index in [1.807, 2.05) is 24.3 Å². The van der Waals surface area contributed by atoms with Crippen molar-refractivity contribution in [2.24, 2.45) is 0 Å². The average molecular weight is 358 g/mol. The number of rotatable bonds is 13. The lowest BCUT2D eigenvalue weighted by atomic mass is 10.0. The zero-order valence-corrected chi connectivity index (χ0v) is 15.7. The maximum atomic E-state index is 10.8. The molecule has 5 nitrogen and oxygen atoms in total. The molecule has 24 heavy (non-hydrogen) atoms. The molecule has 1 aromatic carbocycles. The highest BCUT2D eigenvalue weighted by atomic mass is 31.2. The molecule has 0 amide bonds. The van der Waals surface area contributed by atoms with Crippen LogP contribution in [0.5, 0.6) is 5.75 Å². The van der Waals surface area contributed by atoms with Gasteiger partial charge in [0, 0.05) is 0 Å². The lowest BCUT2D eigenvalue weighted by Crippen LogP contribution is -2.17. The number of phosphoric ester groups is 1. The summed E-state index contributed by atoms with van der Waals surface area (Å²) in [6.07, 6.45) is 9.14. The van der Waals surface area contributed by atoms with Crippen molar-refractivity contribution in [3.8, 4) is 5.75 Å². The standard InChI is InChI=1S/C18H31O5P/c1-3-4-5-6-7-8-9-12-17-13-10-11-14-18(17)22-15-16(2)23-24(19,20)21/h10-11,13-14,16H,3-9,12,15H2,1-2H3,(H2,19,20,21). The van der Waals surface area contributed by atoms with Crippen molar-refractivity contribution in [3.05, 3.63) is 29.8 Å². The lowest BCUT2D eigenvalue weighted by molar-refractivity contribution is 0.101. The molecule has 1 atom stereocenters. The van der Waals surface area contributed by atoms with E-state index in [-0.39, 0.29) is 6.61 Å². The summed E-state index contributed by atoms with van der Waals surface area (Å²) in [5.74, 6) is 0.768. The van der Waals surface area contributed by atoms with Crippen LogP contribution in [0.25, 0.3) is 0 Å². The summed E-state index contributed by atoms with van der Waals surface area (Å²) in [4.78, 5) is 17.6. The Hall–Kier alpha value is -0.870. The molecule has 138 valence electrons. The molecule has 1 unspecified atom stereocenters. The number of benzene rings is 1. The maximum Gasteiger partial charge on any atom is 0.469 e. The van der Waals surface area contributed by atoms with Gasteiger partial charge in [-0.15, -0.1) is 0 Å². The van der Waals surface area contributed by atoms with Crippen LogP contribution in [0.2, 0.25) is 0 Å². The molecule has 0 aliphatic rings. The van der Waals surface area contributed by atoms with Gasteiger partial charge in [-0.3, -0.25) is 4.52 Å². The van der Waals surface area contributed by atoms with E-state index in [0.29, 0.717) is 0 Å². The molecular weight excluding hydrogens is 327 g/mol. The average Bonchev–Trinajstić information content (AvgIpc) is 2.51. The third-order valence-electron chi connectivity index (χ3n) is 3.81. The van der Waals surface area contributed by atoms with Gasteiger partial charge in [-0.1, -0.05) is 63.6 Å². The topological polar surface area (TPSA) is 76.0 Å². The van der Waals surface area contributed by atoms with E-state index in [2.05, 4.69) is 11.4 Å². The fourth-order valence-corrected chi connectivity index (χ4v) is 3.13. The van der Waals surface area contributed by atoms with Crippen LogP contribution in [-0.2, 0) is 15.5 Å². The molecule has 0 radical (unpaired) electrons. The van der Waals surface area contributed by atoms with Gasteiger partial charge in [-0.25, -0.2) is 4.57 Å². The summed E-state index contributed by atoms with van der Waals surface area (Å²) in [5, 5.41) is 0. The summed E-state index contributed by atoms with van der Waals surface area (Å²) < 4.78 is 21.1. The molecule has 1 aromatic rings. The number of unbranched alkanes of at least 4 members (excludes halogenated alkanes) is 6. The molecule has 0 aromatic heterocycles. The summed E-state index contributed by atoms with van der Waals surface area (Å²) in [5.41, 5.74) is 1.13. The van der Waals surface area contributed by atoms with Crippen LogP contribution >= 0.6 is 7.82 Å². The van der Waals surface area contributed by atoms with Gasteiger partial charge < -0.3 is 14.5 Å². The second kappa shape index (κ2) is 11.6. The first kappa shape index (κ1) is 21.2. The SMILES string of the molecule is CCCCCCCCCc1ccccc1OCC(C)OP(=O)(O)O. The van der Waals surface area contributed by atoms with Crippen molar-refractivity contribution in [2.75, 3.05) is 6.61 Å². The van der Waals surface area contributed by atoms with E-state index >= 15 is 0 Å².